The lowest BCUT2D eigenvalue weighted by molar-refractivity contribution is 0.0943. The molecule has 2 heterocycles. The Labute approximate surface area is 87.0 Å². The van der Waals surface area contributed by atoms with E-state index in [0.717, 1.165) is 18.0 Å². The van der Waals surface area contributed by atoms with Crippen molar-refractivity contribution in [2.24, 2.45) is 5.92 Å². The molecule has 2 atom stereocenters. The van der Waals surface area contributed by atoms with Crippen LogP contribution in [0.25, 0.3) is 0 Å². The van der Waals surface area contributed by atoms with Gasteiger partial charge in [-0.3, -0.25) is 4.90 Å². The van der Waals surface area contributed by atoms with E-state index in [0.29, 0.717) is 0 Å². The summed E-state index contributed by atoms with van der Waals surface area (Å²) >= 11 is 0. The largest absolute Gasteiger partial charge is 0.314 e. The number of hydrogen-bond donors (Lipinski definition) is 1. The van der Waals surface area contributed by atoms with Crippen LogP contribution in [-0.2, 0) is 0 Å². The molecule has 0 spiro atoms. The Hall–Kier alpha value is -0.0800. The Balaban J connectivity index is 1.70. The molecule has 0 bridgehead atoms. The molecule has 0 amide bonds. The van der Waals surface area contributed by atoms with Gasteiger partial charge in [0.15, 0.2) is 0 Å². The molecule has 1 saturated carbocycles. The van der Waals surface area contributed by atoms with Crippen LogP contribution >= 0.6 is 0 Å². The lowest BCUT2D eigenvalue weighted by Crippen LogP contribution is -2.56. The van der Waals surface area contributed by atoms with Crippen LogP contribution in [0.4, 0.5) is 0 Å². The van der Waals surface area contributed by atoms with Crippen molar-refractivity contribution in [3.63, 3.8) is 0 Å². The molecule has 80 valence electrons. The Kier molecular flexibility index (Phi) is 2.50. The molecule has 0 radical (unpaired) electrons. The van der Waals surface area contributed by atoms with Crippen LogP contribution in [0.15, 0.2) is 0 Å². The second kappa shape index (κ2) is 3.82. The molecule has 3 rings (SSSR count). The summed E-state index contributed by atoms with van der Waals surface area (Å²) in [5.41, 5.74) is 0. The first-order chi connectivity index (χ1) is 6.95. The zero-order valence-electron chi connectivity index (χ0n) is 9.04. The monoisotopic (exact) mass is 194 g/mol. The van der Waals surface area contributed by atoms with Gasteiger partial charge in [0, 0.05) is 25.2 Å². The molecule has 1 aliphatic carbocycles. The molecule has 3 aliphatic rings. The highest BCUT2D eigenvalue weighted by Gasteiger charge is 2.38. The Bertz CT molecular complexity index is 198. The first-order valence-electron chi connectivity index (χ1n) is 6.41. The molecule has 0 aromatic carbocycles. The Morgan fingerprint density at radius 1 is 0.929 bits per heavy atom. The molecular weight excluding hydrogens is 172 g/mol. The molecule has 3 fully saturated rings. The summed E-state index contributed by atoms with van der Waals surface area (Å²) in [4.78, 5) is 2.83. The van der Waals surface area contributed by atoms with Crippen LogP contribution in [-0.4, -0.2) is 36.6 Å². The average molecular weight is 194 g/mol. The fraction of sp³-hybridized carbons (Fsp3) is 1.00. The van der Waals surface area contributed by atoms with Crippen LogP contribution in [0.3, 0.4) is 0 Å². The summed E-state index contributed by atoms with van der Waals surface area (Å²) in [6, 6.07) is 1.77. The third-order valence-corrected chi connectivity index (χ3v) is 4.53. The standard InChI is InChI=1S/C12H22N2/c1-2-5-10(4-1)12-9-13-8-11-6-3-7-14(11)12/h10-13H,1-9H2. The second-order valence-electron chi connectivity index (χ2n) is 5.30. The SMILES string of the molecule is C1CCC(C2CNCC3CCCN32)C1. The van der Waals surface area contributed by atoms with Crippen molar-refractivity contribution in [2.75, 3.05) is 19.6 Å². The lowest BCUT2D eigenvalue weighted by atomic mass is 9.94. The molecule has 0 aromatic rings. The maximum atomic E-state index is 3.64. The van der Waals surface area contributed by atoms with Crippen LogP contribution in [0.5, 0.6) is 0 Å². The minimum atomic E-state index is 0.884. The third kappa shape index (κ3) is 1.49. The maximum absolute atomic E-state index is 3.64. The van der Waals surface area contributed by atoms with Crippen molar-refractivity contribution < 1.29 is 0 Å². The Morgan fingerprint density at radius 2 is 1.79 bits per heavy atom. The van der Waals surface area contributed by atoms with Crippen molar-refractivity contribution in [3.8, 4) is 0 Å². The van der Waals surface area contributed by atoms with Crippen molar-refractivity contribution >= 4 is 0 Å². The fourth-order valence-corrected chi connectivity index (χ4v) is 3.81. The number of nitrogens with zero attached hydrogens (tertiary/aromatic N) is 1. The third-order valence-electron chi connectivity index (χ3n) is 4.53. The van der Waals surface area contributed by atoms with Crippen molar-refractivity contribution in [2.45, 2.75) is 50.6 Å². The highest BCUT2D eigenvalue weighted by molar-refractivity contribution is 4.95. The van der Waals surface area contributed by atoms with E-state index in [1.54, 1.807) is 0 Å². The van der Waals surface area contributed by atoms with E-state index in [9.17, 15) is 0 Å². The van der Waals surface area contributed by atoms with Gasteiger partial charge in [0.05, 0.1) is 0 Å². The van der Waals surface area contributed by atoms with Gasteiger partial charge < -0.3 is 5.32 Å². The lowest BCUT2D eigenvalue weighted by Gasteiger charge is -2.41. The molecule has 2 aliphatic heterocycles. The number of hydrogen-bond acceptors (Lipinski definition) is 2. The van der Waals surface area contributed by atoms with Crippen LogP contribution in [0, 0.1) is 5.92 Å². The molecule has 2 unspecified atom stereocenters. The van der Waals surface area contributed by atoms with E-state index < -0.39 is 0 Å². The predicted octanol–water partition coefficient (Wildman–Crippen LogP) is 1.61. The highest BCUT2D eigenvalue weighted by atomic mass is 15.3. The maximum Gasteiger partial charge on any atom is 0.0252 e. The average Bonchev–Trinajstić information content (AvgIpc) is 2.88. The van der Waals surface area contributed by atoms with Gasteiger partial charge in [0.1, 0.15) is 0 Å². The fourth-order valence-electron chi connectivity index (χ4n) is 3.81. The molecule has 0 aromatic heterocycles. The summed E-state index contributed by atoms with van der Waals surface area (Å²) in [7, 11) is 0. The van der Waals surface area contributed by atoms with Crippen LogP contribution in [0.2, 0.25) is 0 Å². The van der Waals surface area contributed by atoms with Crippen molar-refractivity contribution in [1.29, 1.82) is 0 Å². The summed E-state index contributed by atoms with van der Waals surface area (Å²) in [6.07, 6.45) is 8.84. The van der Waals surface area contributed by atoms with Gasteiger partial charge in [0.25, 0.3) is 0 Å². The first-order valence-corrected chi connectivity index (χ1v) is 6.41. The number of piperazine rings is 1. The van der Waals surface area contributed by atoms with Gasteiger partial charge in [-0.2, -0.15) is 0 Å². The number of rotatable bonds is 1. The van der Waals surface area contributed by atoms with Gasteiger partial charge in [0.2, 0.25) is 0 Å². The Morgan fingerprint density at radius 3 is 2.64 bits per heavy atom. The molecular formula is C12H22N2. The molecule has 2 heteroatoms. The topological polar surface area (TPSA) is 15.3 Å². The zero-order chi connectivity index (χ0) is 9.38. The summed E-state index contributed by atoms with van der Waals surface area (Å²) in [5, 5.41) is 3.64. The van der Waals surface area contributed by atoms with E-state index in [2.05, 4.69) is 10.2 Å². The summed E-state index contributed by atoms with van der Waals surface area (Å²) in [6.45, 7) is 3.90. The van der Waals surface area contributed by atoms with Crippen LogP contribution < -0.4 is 5.32 Å². The van der Waals surface area contributed by atoms with Crippen molar-refractivity contribution in [1.82, 2.24) is 10.2 Å². The van der Waals surface area contributed by atoms with Gasteiger partial charge in [-0.1, -0.05) is 12.8 Å². The van der Waals surface area contributed by atoms with Crippen molar-refractivity contribution in [3.05, 3.63) is 0 Å². The molecule has 2 nitrogen and oxygen atoms in total. The number of nitrogens with one attached hydrogen (secondary N) is 1. The normalized spacial score (nSPS) is 40.3. The second-order valence-corrected chi connectivity index (χ2v) is 5.30. The van der Waals surface area contributed by atoms with E-state index >= 15 is 0 Å². The summed E-state index contributed by atoms with van der Waals surface area (Å²) < 4.78 is 0. The van der Waals surface area contributed by atoms with E-state index in [1.807, 2.05) is 0 Å². The van der Waals surface area contributed by atoms with Gasteiger partial charge >= 0.3 is 0 Å². The van der Waals surface area contributed by atoms with Gasteiger partial charge in [-0.05, 0) is 38.1 Å². The van der Waals surface area contributed by atoms with Crippen LogP contribution in [0.1, 0.15) is 38.5 Å². The van der Waals surface area contributed by atoms with Gasteiger partial charge in [-0.15, -0.1) is 0 Å². The minimum Gasteiger partial charge on any atom is -0.314 e. The summed E-state index contributed by atoms with van der Waals surface area (Å²) in [5.74, 6) is 1.02. The first kappa shape index (κ1) is 9.17. The van der Waals surface area contributed by atoms with E-state index in [1.165, 1.54) is 58.2 Å². The molecule has 2 saturated heterocycles. The highest BCUT2D eigenvalue weighted by Crippen LogP contribution is 2.34. The molecule has 14 heavy (non-hydrogen) atoms. The zero-order valence-corrected chi connectivity index (χ0v) is 9.04. The number of fused-ring (bicyclic) bond motifs is 1. The minimum absolute atomic E-state index is 0.884. The van der Waals surface area contributed by atoms with E-state index in [-0.39, 0.29) is 0 Å². The van der Waals surface area contributed by atoms with E-state index in [4.69, 9.17) is 0 Å². The van der Waals surface area contributed by atoms with Gasteiger partial charge in [-0.25, -0.2) is 0 Å². The molecule has 1 N–H and O–H groups in total. The quantitative estimate of drug-likeness (QED) is 0.682. The predicted molar refractivity (Wildman–Crippen MR) is 58.3 cm³/mol. The smallest absolute Gasteiger partial charge is 0.0252 e.